The zero-order valence-corrected chi connectivity index (χ0v) is 22.7. The highest BCUT2D eigenvalue weighted by Gasteiger charge is 2.55. The summed E-state index contributed by atoms with van der Waals surface area (Å²) in [5.74, 6) is 2.66. The average molecular weight is 560 g/mol. The van der Waals surface area contributed by atoms with Gasteiger partial charge in [-0.1, -0.05) is 35.9 Å². The standard InChI is InChI=1S/C32H30ClF2N4O/c33-29-23(24(34)7-8-25(29)35)17-40-31-30(36)38-16-27(39-31)21-3-5-22(6-4-21)28(26-2-1-9-37-26)32-13-18-10-19(14-32)12-20(11-18)15-32/h1-9,16,18-20,37H,10-15,17H2,(H2,36,38). The molecule has 0 atom stereocenters. The Balaban J connectivity index is 1.17. The molecule has 4 aliphatic carbocycles. The summed E-state index contributed by atoms with van der Waals surface area (Å²) >= 11 is 5.94. The highest BCUT2D eigenvalue weighted by atomic mass is 35.5. The molecule has 2 aromatic carbocycles. The van der Waals surface area contributed by atoms with E-state index in [0.29, 0.717) is 5.69 Å². The maximum atomic E-state index is 14.2. The molecule has 4 aromatic rings. The SMILES string of the molecule is Nc1ncc(-c2ccc([C](c3ccc[nH]3)C34CC5CC(CC(C5)C3)C4)cc2)nc1OCc1c(F)ccc(F)c1Cl. The van der Waals surface area contributed by atoms with Gasteiger partial charge in [-0.2, -0.15) is 0 Å². The Labute approximate surface area is 237 Å². The lowest BCUT2D eigenvalue weighted by atomic mass is 9.45. The Hall–Kier alpha value is -3.45. The van der Waals surface area contributed by atoms with Crippen molar-refractivity contribution in [2.45, 2.75) is 45.1 Å². The predicted octanol–water partition coefficient (Wildman–Crippen LogP) is 7.75. The molecule has 1 radical (unpaired) electrons. The number of halogens is 3. The molecule has 8 heteroatoms. The van der Waals surface area contributed by atoms with Crippen LogP contribution in [0.5, 0.6) is 5.88 Å². The summed E-state index contributed by atoms with van der Waals surface area (Å²) in [7, 11) is 0. The van der Waals surface area contributed by atoms with Gasteiger partial charge in [-0.25, -0.2) is 18.7 Å². The molecule has 0 spiro atoms. The Kier molecular flexibility index (Phi) is 6.30. The van der Waals surface area contributed by atoms with E-state index in [0.717, 1.165) is 35.4 Å². The molecule has 0 unspecified atom stereocenters. The first kappa shape index (κ1) is 25.5. The summed E-state index contributed by atoms with van der Waals surface area (Å²) < 4.78 is 33.7. The summed E-state index contributed by atoms with van der Waals surface area (Å²) in [6.45, 7) is -0.330. The van der Waals surface area contributed by atoms with E-state index in [-0.39, 0.29) is 34.3 Å². The Morgan fingerprint density at radius 2 is 1.65 bits per heavy atom. The van der Waals surface area contributed by atoms with E-state index < -0.39 is 11.6 Å². The number of nitrogens with zero attached hydrogens (tertiary/aromatic N) is 2. The second-order valence-corrected chi connectivity index (χ2v) is 12.2. The van der Waals surface area contributed by atoms with E-state index in [2.05, 4.69) is 39.2 Å². The van der Waals surface area contributed by atoms with Crippen LogP contribution in [0.3, 0.4) is 0 Å². The van der Waals surface area contributed by atoms with Crippen molar-refractivity contribution in [3.8, 4) is 17.1 Å². The molecular weight excluding hydrogens is 530 g/mol. The minimum atomic E-state index is -0.723. The molecule has 2 aromatic heterocycles. The second-order valence-electron chi connectivity index (χ2n) is 11.8. The van der Waals surface area contributed by atoms with Crippen LogP contribution in [0.2, 0.25) is 5.02 Å². The van der Waals surface area contributed by atoms with Crippen LogP contribution in [0.25, 0.3) is 11.3 Å². The minimum absolute atomic E-state index is 0.0357. The normalized spacial score (nSPS) is 25.1. The largest absolute Gasteiger partial charge is 0.470 e. The monoisotopic (exact) mass is 559 g/mol. The summed E-state index contributed by atoms with van der Waals surface area (Å²) in [6, 6.07) is 14.7. The number of H-pyrrole nitrogens is 1. The molecule has 4 aliphatic rings. The van der Waals surface area contributed by atoms with Gasteiger partial charge in [-0.3, -0.25) is 0 Å². The summed E-state index contributed by atoms with van der Waals surface area (Å²) in [5.41, 5.74) is 9.97. The van der Waals surface area contributed by atoms with Crippen LogP contribution < -0.4 is 10.5 Å². The van der Waals surface area contributed by atoms with Gasteiger partial charge in [-0.15, -0.1) is 0 Å². The first-order valence-electron chi connectivity index (χ1n) is 13.9. The Morgan fingerprint density at radius 3 is 2.30 bits per heavy atom. The first-order chi connectivity index (χ1) is 19.4. The zero-order valence-electron chi connectivity index (χ0n) is 22.0. The van der Waals surface area contributed by atoms with Crippen LogP contribution in [-0.2, 0) is 6.61 Å². The van der Waals surface area contributed by atoms with Gasteiger partial charge in [0.1, 0.15) is 18.2 Å². The Morgan fingerprint density at radius 1 is 0.975 bits per heavy atom. The van der Waals surface area contributed by atoms with Gasteiger partial charge in [0.2, 0.25) is 0 Å². The zero-order chi connectivity index (χ0) is 27.4. The van der Waals surface area contributed by atoms with Crippen molar-refractivity contribution in [1.29, 1.82) is 0 Å². The molecule has 205 valence electrons. The molecule has 0 amide bonds. The molecule has 3 N–H and O–H groups in total. The average Bonchev–Trinajstić information content (AvgIpc) is 3.46. The van der Waals surface area contributed by atoms with E-state index in [1.165, 1.54) is 55.7 Å². The molecule has 0 aliphatic heterocycles. The number of benzene rings is 2. The number of nitrogens with two attached hydrogens (primary N) is 1. The van der Waals surface area contributed by atoms with Gasteiger partial charge in [0.15, 0.2) is 5.82 Å². The maximum Gasteiger partial charge on any atom is 0.258 e. The van der Waals surface area contributed by atoms with E-state index in [9.17, 15) is 8.78 Å². The lowest BCUT2D eigenvalue weighted by molar-refractivity contribution is -0.0387. The molecule has 4 bridgehead atoms. The van der Waals surface area contributed by atoms with Gasteiger partial charge in [0.25, 0.3) is 5.88 Å². The number of aromatic amines is 1. The quantitative estimate of drug-likeness (QED) is 0.227. The fraction of sp³-hybridized carbons (Fsp3) is 0.344. The van der Waals surface area contributed by atoms with Crippen molar-refractivity contribution in [1.82, 2.24) is 15.0 Å². The molecule has 4 fully saturated rings. The third-order valence-electron chi connectivity index (χ3n) is 9.16. The lowest BCUT2D eigenvalue weighted by Gasteiger charge is -2.59. The van der Waals surface area contributed by atoms with Gasteiger partial charge in [-0.05, 0) is 91.5 Å². The van der Waals surface area contributed by atoms with Crippen LogP contribution in [0.4, 0.5) is 14.6 Å². The number of anilines is 1. The third-order valence-corrected chi connectivity index (χ3v) is 9.57. The van der Waals surface area contributed by atoms with Crippen molar-refractivity contribution in [3.63, 3.8) is 0 Å². The van der Waals surface area contributed by atoms with Crippen molar-refractivity contribution in [3.05, 3.63) is 100 Å². The Bertz CT molecular complexity index is 1500. The van der Waals surface area contributed by atoms with Crippen LogP contribution in [0, 0.1) is 40.7 Å². The molecule has 0 saturated heterocycles. The highest BCUT2D eigenvalue weighted by Crippen LogP contribution is 2.65. The minimum Gasteiger partial charge on any atom is -0.470 e. The van der Waals surface area contributed by atoms with Crippen molar-refractivity contribution in [2.75, 3.05) is 5.73 Å². The van der Waals surface area contributed by atoms with Crippen LogP contribution in [0.15, 0.2) is 60.9 Å². The summed E-state index contributed by atoms with van der Waals surface area (Å²) in [6.07, 6.45) is 11.6. The number of ether oxygens (including phenoxy) is 1. The van der Waals surface area contributed by atoms with Crippen molar-refractivity contribution < 1.29 is 13.5 Å². The number of hydrogen-bond donors (Lipinski definition) is 2. The maximum absolute atomic E-state index is 14.2. The van der Waals surface area contributed by atoms with Crippen LogP contribution >= 0.6 is 11.6 Å². The van der Waals surface area contributed by atoms with Gasteiger partial charge >= 0.3 is 0 Å². The number of nitrogens with one attached hydrogen (secondary N) is 1. The van der Waals surface area contributed by atoms with E-state index in [1.54, 1.807) is 6.20 Å². The number of nitrogen functional groups attached to an aromatic ring is 1. The van der Waals surface area contributed by atoms with E-state index >= 15 is 0 Å². The topological polar surface area (TPSA) is 76.8 Å². The molecule has 8 rings (SSSR count). The predicted molar refractivity (Wildman–Crippen MR) is 150 cm³/mol. The third kappa shape index (κ3) is 4.44. The van der Waals surface area contributed by atoms with Gasteiger partial charge in [0.05, 0.1) is 22.8 Å². The number of aromatic nitrogens is 3. The second kappa shape index (κ2) is 9.88. The van der Waals surface area contributed by atoms with Gasteiger partial charge < -0.3 is 15.5 Å². The van der Waals surface area contributed by atoms with E-state index in [4.69, 9.17) is 22.1 Å². The molecule has 2 heterocycles. The van der Waals surface area contributed by atoms with Crippen LogP contribution in [-0.4, -0.2) is 15.0 Å². The van der Waals surface area contributed by atoms with Crippen molar-refractivity contribution in [2.24, 2.45) is 23.2 Å². The summed E-state index contributed by atoms with van der Waals surface area (Å²) in [4.78, 5) is 12.3. The molecule has 5 nitrogen and oxygen atoms in total. The van der Waals surface area contributed by atoms with Crippen LogP contribution in [0.1, 0.15) is 55.3 Å². The molecular formula is C32H30ClF2N4O. The molecule has 40 heavy (non-hydrogen) atoms. The van der Waals surface area contributed by atoms with Crippen molar-refractivity contribution >= 4 is 17.4 Å². The fourth-order valence-corrected chi connectivity index (χ4v) is 8.13. The number of rotatable bonds is 7. The smallest absolute Gasteiger partial charge is 0.258 e. The van der Waals surface area contributed by atoms with Gasteiger partial charge in [0, 0.05) is 23.0 Å². The number of hydrogen-bond acceptors (Lipinski definition) is 4. The van der Waals surface area contributed by atoms with E-state index in [1.807, 2.05) is 18.3 Å². The highest BCUT2D eigenvalue weighted by molar-refractivity contribution is 6.31. The lowest BCUT2D eigenvalue weighted by Crippen LogP contribution is -2.49. The first-order valence-corrected chi connectivity index (χ1v) is 14.3. The summed E-state index contributed by atoms with van der Waals surface area (Å²) in [5, 5.41) is -0.327. The molecule has 4 saturated carbocycles. The fourth-order valence-electron chi connectivity index (χ4n) is 7.93.